The molecule has 4 aromatic carbocycles. The van der Waals surface area contributed by atoms with Crippen molar-refractivity contribution in [2.45, 2.75) is 56.6 Å². The Morgan fingerprint density at radius 2 is 0.911 bits per heavy atom. The van der Waals surface area contributed by atoms with Crippen LogP contribution in [-0.4, -0.2) is 50.9 Å². The molecule has 1 fully saturated rings. The van der Waals surface area contributed by atoms with Crippen molar-refractivity contribution in [1.29, 1.82) is 0 Å². The molecule has 3 heterocycles. The Morgan fingerprint density at radius 1 is 0.578 bits per heavy atom. The number of hydrogen-bond acceptors (Lipinski definition) is 6. The molecule has 3 aliphatic heterocycles. The number of benzene rings is 4. The molecule has 0 aromatic heterocycles. The maximum atomic E-state index is 14.7. The van der Waals surface area contributed by atoms with Crippen LogP contribution in [0.15, 0.2) is 132 Å². The molecular formula is C37H34N4O4. The Bertz CT molecular complexity index is 1610. The zero-order chi connectivity index (χ0) is 31.0. The van der Waals surface area contributed by atoms with Gasteiger partial charge in [0.05, 0.1) is 23.5 Å². The van der Waals surface area contributed by atoms with E-state index >= 15 is 0 Å². The number of nitrogens with zero attached hydrogens (tertiary/aromatic N) is 4. The highest BCUT2D eigenvalue weighted by atomic mass is 16.7. The average Bonchev–Trinajstić information content (AvgIpc) is 3.83. The van der Waals surface area contributed by atoms with E-state index in [1.165, 1.54) is 0 Å². The van der Waals surface area contributed by atoms with E-state index in [0.29, 0.717) is 12.8 Å². The first kappa shape index (κ1) is 28.5. The second-order valence-corrected chi connectivity index (χ2v) is 12.0. The molecule has 0 radical (unpaired) electrons. The third-order valence-corrected chi connectivity index (χ3v) is 8.89. The topological polar surface area (TPSA) is 83.8 Å². The summed E-state index contributed by atoms with van der Waals surface area (Å²) in [6.07, 6.45) is -0.984. The second-order valence-electron chi connectivity index (χ2n) is 12.0. The Hall–Kier alpha value is -5.24. The molecule has 3 aliphatic rings. The summed E-state index contributed by atoms with van der Waals surface area (Å²) < 4.78 is 0. The van der Waals surface area contributed by atoms with Crippen LogP contribution in [0.5, 0.6) is 0 Å². The molecule has 1 saturated heterocycles. The molecule has 8 nitrogen and oxygen atoms in total. The van der Waals surface area contributed by atoms with Crippen LogP contribution in [0.1, 0.15) is 61.0 Å². The molecule has 0 unspecified atom stereocenters. The van der Waals surface area contributed by atoms with Gasteiger partial charge < -0.3 is 19.5 Å². The van der Waals surface area contributed by atoms with Crippen molar-refractivity contribution < 1.29 is 19.3 Å². The fourth-order valence-corrected chi connectivity index (χ4v) is 6.79. The Kier molecular flexibility index (Phi) is 7.41. The second kappa shape index (κ2) is 11.7. The van der Waals surface area contributed by atoms with E-state index in [1.807, 2.05) is 145 Å². The standard InChI is InChI=1S/C37H34N4O4/c1-37(2)40(35(42)31-23-29(38-44-31)25-15-7-3-8-16-25)33(27-19-11-5-12-20-27)34(28-21-13-6-14-22-28)41(37)36(43)32-24-30(39-45-32)26-17-9-4-10-18-26/h3-22,31-34H,23-24H2,1-2H3/t31-,32-,33+,34+/m0/s1. The number of carbonyl (C=O) groups excluding carboxylic acids is 2. The van der Waals surface area contributed by atoms with E-state index in [9.17, 15) is 9.59 Å². The van der Waals surface area contributed by atoms with Crippen LogP contribution < -0.4 is 0 Å². The lowest BCUT2D eigenvalue weighted by molar-refractivity contribution is -0.158. The molecule has 2 amide bonds. The molecule has 0 bridgehead atoms. The molecule has 0 saturated carbocycles. The summed E-state index contributed by atoms with van der Waals surface area (Å²) in [6.45, 7) is 3.84. The van der Waals surface area contributed by atoms with Gasteiger partial charge in [0.15, 0.2) is 0 Å². The summed E-state index contributed by atoms with van der Waals surface area (Å²) in [5, 5.41) is 8.62. The van der Waals surface area contributed by atoms with E-state index in [0.717, 1.165) is 33.7 Å². The predicted molar refractivity (Wildman–Crippen MR) is 171 cm³/mol. The van der Waals surface area contributed by atoms with Crippen molar-refractivity contribution in [2.24, 2.45) is 10.3 Å². The maximum Gasteiger partial charge on any atom is 0.269 e. The molecular weight excluding hydrogens is 564 g/mol. The lowest BCUT2D eigenvalue weighted by Crippen LogP contribution is -2.57. The molecule has 0 spiro atoms. The van der Waals surface area contributed by atoms with Crippen LogP contribution in [-0.2, 0) is 19.3 Å². The highest BCUT2D eigenvalue weighted by Gasteiger charge is 2.59. The smallest absolute Gasteiger partial charge is 0.269 e. The van der Waals surface area contributed by atoms with Gasteiger partial charge in [0.1, 0.15) is 5.66 Å². The highest BCUT2D eigenvalue weighted by Crippen LogP contribution is 2.52. The monoisotopic (exact) mass is 598 g/mol. The number of carbonyl (C=O) groups is 2. The van der Waals surface area contributed by atoms with Gasteiger partial charge in [-0.3, -0.25) is 9.59 Å². The Morgan fingerprint density at radius 3 is 1.27 bits per heavy atom. The van der Waals surface area contributed by atoms with E-state index in [2.05, 4.69) is 10.3 Å². The quantitative estimate of drug-likeness (QED) is 0.262. The zero-order valence-electron chi connectivity index (χ0n) is 25.2. The minimum Gasteiger partial charge on any atom is -0.382 e. The van der Waals surface area contributed by atoms with Crippen molar-refractivity contribution in [3.8, 4) is 0 Å². The maximum absolute atomic E-state index is 14.7. The van der Waals surface area contributed by atoms with Gasteiger partial charge >= 0.3 is 0 Å². The first-order valence-corrected chi connectivity index (χ1v) is 15.3. The van der Waals surface area contributed by atoms with Crippen LogP contribution in [0.25, 0.3) is 0 Å². The molecule has 0 N–H and O–H groups in total. The van der Waals surface area contributed by atoms with Gasteiger partial charge in [0, 0.05) is 12.8 Å². The predicted octanol–water partition coefficient (Wildman–Crippen LogP) is 6.26. The highest BCUT2D eigenvalue weighted by molar-refractivity contribution is 6.05. The number of amides is 2. The Labute approximate surface area is 262 Å². The van der Waals surface area contributed by atoms with Gasteiger partial charge in [-0.2, -0.15) is 0 Å². The fraction of sp³-hybridized carbons (Fsp3) is 0.243. The Balaban J connectivity index is 1.27. The summed E-state index contributed by atoms with van der Waals surface area (Å²) in [4.78, 5) is 44.6. The first-order valence-electron chi connectivity index (χ1n) is 15.3. The van der Waals surface area contributed by atoms with Crippen LogP contribution >= 0.6 is 0 Å². The van der Waals surface area contributed by atoms with Crippen molar-refractivity contribution in [3.05, 3.63) is 144 Å². The molecule has 0 aliphatic carbocycles. The lowest BCUT2D eigenvalue weighted by atomic mass is 9.92. The van der Waals surface area contributed by atoms with Gasteiger partial charge in [-0.05, 0) is 36.1 Å². The SMILES string of the molecule is CC1(C)N(C(=O)[C@@H]2CC(c3ccccc3)=NO2)[C@H](c2ccccc2)[C@@H](c2ccccc2)N1C(=O)[C@@H]1CC(c2ccccc2)=NO1. The fourth-order valence-electron chi connectivity index (χ4n) is 6.79. The molecule has 226 valence electrons. The van der Waals surface area contributed by atoms with Crippen LogP contribution in [0.2, 0.25) is 0 Å². The minimum absolute atomic E-state index is 0.228. The van der Waals surface area contributed by atoms with E-state index in [-0.39, 0.29) is 11.8 Å². The molecule has 4 aromatic rings. The molecule has 8 heteroatoms. The largest absolute Gasteiger partial charge is 0.382 e. The van der Waals surface area contributed by atoms with Crippen LogP contribution in [0.3, 0.4) is 0 Å². The summed E-state index contributed by atoms with van der Waals surface area (Å²) in [6, 6.07) is 38.2. The van der Waals surface area contributed by atoms with Crippen LogP contribution in [0.4, 0.5) is 0 Å². The van der Waals surface area contributed by atoms with Gasteiger partial charge in [0.2, 0.25) is 12.2 Å². The third-order valence-electron chi connectivity index (χ3n) is 8.89. The summed E-state index contributed by atoms with van der Waals surface area (Å²) in [5.74, 6) is -0.457. The van der Waals surface area contributed by atoms with Gasteiger partial charge in [0.25, 0.3) is 11.8 Å². The summed E-state index contributed by atoms with van der Waals surface area (Å²) >= 11 is 0. The van der Waals surface area contributed by atoms with Gasteiger partial charge in [-0.15, -0.1) is 0 Å². The zero-order valence-corrected chi connectivity index (χ0v) is 25.2. The lowest BCUT2D eigenvalue weighted by Gasteiger charge is -2.40. The van der Waals surface area contributed by atoms with Crippen molar-refractivity contribution in [2.75, 3.05) is 0 Å². The van der Waals surface area contributed by atoms with Crippen LogP contribution in [0, 0.1) is 0 Å². The van der Waals surface area contributed by atoms with Gasteiger partial charge in [-0.1, -0.05) is 132 Å². The van der Waals surface area contributed by atoms with E-state index in [1.54, 1.807) is 0 Å². The summed E-state index contributed by atoms with van der Waals surface area (Å²) in [7, 11) is 0. The molecule has 45 heavy (non-hydrogen) atoms. The number of rotatable bonds is 6. The van der Waals surface area contributed by atoms with E-state index in [4.69, 9.17) is 9.68 Å². The first-order chi connectivity index (χ1) is 21.9. The van der Waals surface area contributed by atoms with Crippen molar-refractivity contribution in [1.82, 2.24) is 9.80 Å². The third kappa shape index (κ3) is 5.16. The van der Waals surface area contributed by atoms with Gasteiger partial charge in [-0.25, -0.2) is 0 Å². The molecule has 7 rings (SSSR count). The minimum atomic E-state index is -1.06. The summed E-state index contributed by atoms with van der Waals surface area (Å²) in [5.41, 5.74) is 4.05. The van der Waals surface area contributed by atoms with Crippen molar-refractivity contribution in [3.63, 3.8) is 0 Å². The normalized spacial score (nSPS) is 23.6. The number of oxime groups is 2. The van der Waals surface area contributed by atoms with E-state index < -0.39 is 30.0 Å². The molecule has 4 atom stereocenters. The van der Waals surface area contributed by atoms with Crippen molar-refractivity contribution >= 4 is 23.2 Å². The number of hydrogen-bond donors (Lipinski definition) is 0. The average molecular weight is 599 g/mol.